The predicted octanol–water partition coefficient (Wildman–Crippen LogP) is 2.14. The van der Waals surface area contributed by atoms with Crippen LogP contribution in [0, 0.1) is 0 Å². The molecule has 0 spiro atoms. The van der Waals surface area contributed by atoms with Crippen LogP contribution < -0.4 is 10.9 Å². The molecule has 1 aromatic carbocycles. The summed E-state index contributed by atoms with van der Waals surface area (Å²) in [6, 6.07) is 9.95. The van der Waals surface area contributed by atoms with E-state index in [9.17, 15) is 14.4 Å². The number of aryl methyl sites for hydroxylation is 2. The summed E-state index contributed by atoms with van der Waals surface area (Å²) in [6.07, 6.45) is 3.51. The summed E-state index contributed by atoms with van der Waals surface area (Å²) in [5.41, 5.74) is 2.79. The molecule has 6 heteroatoms. The molecule has 0 radical (unpaired) electrons. The number of aromatic nitrogens is 1. The second kappa shape index (κ2) is 8.87. The molecular formula is C22H27N3O3. The van der Waals surface area contributed by atoms with Crippen molar-refractivity contribution < 1.29 is 9.59 Å². The van der Waals surface area contributed by atoms with Crippen LogP contribution in [0.2, 0.25) is 0 Å². The molecule has 2 amide bonds. The third-order valence-electron chi connectivity index (χ3n) is 5.17. The van der Waals surface area contributed by atoms with E-state index in [0.29, 0.717) is 45.4 Å². The Labute approximate surface area is 165 Å². The summed E-state index contributed by atoms with van der Waals surface area (Å²) in [4.78, 5) is 39.6. The van der Waals surface area contributed by atoms with Crippen molar-refractivity contribution in [2.24, 2.45) is 0 Å². The smallest absolute Gasteiger partial charge is 0.263 e. The lowest BCUT2D eigenvalue weighted by molar-refractivity contribution is -0.131. The first-order chi connectivity index (χ1) is 13.5. The molecule has 0 bridgehead atoms. The maximum atomic E-state index is 13.1. The van der Waals surface area contributed by atoms with E-state index in [1.54, 1.807) is 9.47 Å². The van der Waals surface area contributed by atoms with Crippen molar-refractivity contribution in [3.8, 4) is 0 Å². The molecule has 0 unspecified atom stereocenters. The van der Waals surface area contributed by atoms with Gasteiger partial charge in [0.05, 0.1) is 0 Å². The molecular weight excluding hydrogens is 354 g/mol. The Morgan fingerprint density at radius 3 is 2.57 bits per heavy atom. The zero-order valence-electron chi connectivity index (χ0n) is 16.5. The highest BCUT2D eigenvalue weighted by Gasteiger charge is 2.27. The van der Waals surface area contributed by atoms with Crippen LogP contribution in [0.4, 0.5) is 0 Å². The fraction of sp³-hybridized carbons (Fsp3) is 0.409. The molecule has 148 valence electrons. The fourth-order valence-electron chi connectivity index (χ4n) is 3.69. The van der Waals surface area contributed by atoms with Gasteiger partial charge in [-0.3, -0.25) is 14.4 Å². The molecule has 6 nitrogen and oxygen atoms in total. The number of nitrogens with one attached hydrogen (secondary N) is 1. The van der Waals surface area contributed by atoms with Gasteiger partial charge in [-0.1, -0.05) is 37.3 Å². The third kappa shape index (κ3) is 4.16. The van der Waals surface area contributed by atoms with Gasteiger partial charge in [-0.25, -0.2) is 0 Å². The Bertz CT molecular complexity index is 919. The van der Waals surface area contributed by atoms with Gasteiger partial charge in [0.1, 0.15) is 5.56 Å². The molecule has 0 fully saturated rings. The number of pyridine rings is 1. The molecule has 0 saturated carbocycles. The van der Waals surface area contributed by atoms with Gasteiger partial charge in [-0.05, 0) is 36.5 Å². The van der Waals surface area contributed by atoms with E-state index in [1.807, 2.05) is 50.4 Å². The summed E-state index contributed by atoms with van der Waals surface area (Å²) >= 11 is 0. The van der Waals surface area contributed by atoms with E-state index in [-0.39, 0.29) is 22.9 Å². The monoisotopic (exact) mass is 381 g/mol. The van der Waals surface area contributed by atoms with Crippen LogP contribution in [0.1, 0.15) is 47.3 Å². The van der Waals surface area contributed by atoms with Crippen LogP contribution in [0.15, 0.2) is 41.3 Å². The molecule has 2 aromatic rings. The largest absolute Gasteiger partial charge is 0.352 e. The van der Waals surface area contributed by atoms with E-state index < -0.39 is 0 Å². The van der Waals surface area contributed by atoms with Crippen LogP contribution in [0.3, 0.4) is 0 Å². The highest BCUT2D eigenvalue weighted by atomic mass is 16.2. The van der Waals surface area contributed by atoms with Gasteiger partial charge in [0.25, 0.3) is 11.5 Å². The van der Waals surface area contributed by atoms with Crippen LogP contribution in [-0.2, 0) is 30.7 Å². The fourth-order valence-corrected chi connectivity index (χ4v) is 3.69. The third-order valence-corrected chi connectivity index (χ3v) is 5.17. The first-order valence-corrected chi connectivity index (χ1v) is 9.90. The minimum absolute atomic E-state index is 0.0900. The second-order valence-corrected chi connectivity index (χ2v) is 7.02. The Hall–Kier alpha value is -2.89. The molecule has 1 N–H and O–H groups in total. The Kier molecular flexibility index (Phi) is 6.29. The van der Waals surface area contributed by atoms with E-state index in [0.717, 1.165) is 16.7 Å². The summed E-state index contributed by atoms with van der Waals surface area (Å²) in [5.74, 6) is -0.236. The average molecular weight is 381 g/mol. The molecule has 1 aliphatic rings. The number of carbonyl (C=O) groups is 2. The van der Waals surface area contributed by atoms with Gasteiger partial charge in [0.15, 0.2) is 0 Å². The van der Waals surface area contributed by atoms with Crippen LogP contribution in [0.25, 0.3) is 0 Å². The molecule has 0 aliphatic carbocycles. The van der Waals surface area contributed by atoms with Crippen LogP contribution in [-0.4, -0.2) is 34.4 Å². The molecule has 28 heavy (non-hydrogen) atoms. The van der Waals surface area contributed by atoms with E-state index in [1.165, 1.54) is 0 Å². The lowest BCUT2D eigenvalue weighted by Gasteiger charge is -2.30. The van der Waals surface area contributed by atoms with Crippen molar-refractivity contribution >= 4 is 11.8 Å². The van der Waals surface area contributed by atoms with Gasteiger partial charge in [0.2, 0.25) is 5.91 Å². The first-order valence-electron chi connectivity index (χ1n) is 9.90. The molecule has 3 rings (SSSR count). The topological polar surface area (TPSA) is 71.4 Å². The lowest BCUT2D eigenvalue weighted by Crippen LogP contribution is -2.41. The van der Waals surface area contributed by atoms with Crippen molar-refractivity contribution in [2.75, 3.05) is 13.1 Å². The van der Waals surface area contributed by atoms with Gasteiger partial charge >= 0.3 is 0 Å². The predicted molar refractivity (Wildman–Crippen MR) is 108 cm³/mol. The molecule has 1 aliphatic heterocycles. The number of hydrogen-bond donors (Lipinski definition) is 1. The summed E-state index contributed by atoms with van der Waals surface area (Å²) < 4.78 is 1.62. The van der Waals surface area contributed by atoms with Crippen molar-refractivity contribution in [1.82, 2.24) is 14.8 Å². The summed E-state index contributed by atoms with van der Waals surface area (Å²) in [5, 5.41) is 2.77. The molecule has 0 atom stereocenters. The second-order valence-electron chi connectivity index (χ2n) is 7.02. The first kappa shape index (κ1) is 19.9. The zero-order valence-corrected chi connectivity index (χ0v) is 16.5. The molecule has 2 heterocycles. The van der Waals surface area contributed by atoms with Crippen molar-refractivity contribution in [2.45, 2.75) is 46.2 Å². The normalized spacial score (nSPS) is 13.1. The minimum Gasteiger partial charge on any atom is -0.352 e. The quantitative estimate of drug-likeness (QED) is 0.833. The van der Waals surface area contributed by atoms with Crippen LogP contribution in [0.5, 0.6) is 0 Å². The maximum Gasteiger partial charge on any atom is 0.263 e. The average Bonchev–Trinajstić information content (AvgIpc) is 2.72. The number of rotatable bonds is 6. The minimum atomic E-state index is -0.326. The van der Waals surface area contributed by atoms with Crippen molar-refractivity contribution in [3.05, 3.63) is 69.1 Å². The Balaban J connectivity index is 1.98. The molecule has 1 aromatic heterocycles. The lowest BCUT2D eigenvalue weighted by atomic mass is 9.95. The van der Waals surface area contributed by atoms with Crippen LogP contribution >= 0.6 is 0 Å². The Morgan fingerprint density at radius 1 is 1.14 bits per heavy atom. The van der Waals surface area contributed by atoms with Gasteiger partial charge in [-0.2, -0.15) is 0 Å². The number of fused-ring (bicyclic) bond motifs is 1. The number of nitrogens with zero attached hydrogens (tertiary/aromatic N) is 2. The number of benzene rings is 1. The van der Waals surface area contributed by atoms with Gasteiger partial charge < -0.3 is 14.8 Å². The van der Waals surface area contributed by atoms with E-state index in [2.05, 4.69) is 5.32 Å². The van der Waals surface area contributed by atoms with Crippen molar-refractivity contribution in [1.29, 1.82) is 0 Å². The van der Waals surface area contributed by atoms with E-state index >= 15 is 0 Å². The number of hydrogen-bond acceptors (Lipinski definition) is 3. The standard InChI is InChI=1S/C22H27N3O3/c1-3-19(26)24-13-11-18-17(14-24)15-25(12-10-16-8-6-5-7-9-16)22(28)20(18)21(27)23-4-2/h5-9,15H,3-4,10-14H2,1-2H3,(H,23,27). The van der Waals surface area contributed by atoms with Gasteiger partial charge in [-0.15, -0.1) is 0 Å². The SMILES string of the molecule is CCNC(=O)c1c2c(cn(CCc3ccccc3)c1=O)CN(C(=O)CC)CC2. The molecule has 0 saturated heterocycles. The number of amides is 2. The number of carbonyl (C=O) groups excluding carboxylic acids is 2. The van der Waals surface area contributed by atoms with Crippen molar-refractivity contribution in [3.63, 3.8) is 0 Å². The summed E-state index contributed by atoms with van der Waals surface area (Å²) in [6.45, 7) is 5.62. The zero-order chi connectivity index (χ0) is 20.1. The van der Waals surface area contributed by atoms with Gasteiger partial charge in [0, 0.05) is 38.8 Å². The summed E-state index contributed by atoms with van der Waals surface area (Å²) in [7, 11) is 0. The highest BCUT2D eigenvalue weighted by molar-refractivity contribution is 5.95. The maximum absolute atomic E-state index is 13.1. The van der Waals surface area contributed by atoms with E-state index in [4.69, 9.17) is 0 Å². The highest BCUT2D eigenvalue weighted by Crippen LogP contribution is 2.21. The Morgan fingerprint density at radius 2 is 1.89 bits per heavy atom.